The topological polar surface area (TPSA) is 153 Å². The first-order valence-corrected chi connectivity index (χ1v) is 6.75. The van der Waals surface area contributed by atoms with Gasteiger partial charge in [0.1, 0.15) is 12.2 Å². The van der Waals surface area contributed by atoms with Gasteiger partial charge in [0.05, 0.1) is 19.6 Å². The van der Waals surface area contributed by atoms with E-state index in [-0.39, 0.29) is 22.8 Å². The number of nitrogen functional groups attached to an aromatic ring is 1. The normalized spacial score (nSPS) is 31.3. The minimum absolute atomic E-state index is 0.0234. The first kappa shape index (κ1) is 14.3. The Hall–Kier alpha value is -2.27. The fourth-order valence-corrected chi connectivity index (χ4v) is 2.55. The Balaban J connectivity index is 2.21. The van der Waals surface area contributed by atoms with Crippen LogP contribution in [0.2, 0.25) is 0 Å². The zero-order chi connectivity index (χ0) is 17.6. The van der Waals surface area contributed by atoms with E-state index in [1.54, 1.807) is 0 Å². The second kappa shape index (κ2) is 5.42. The summed E-state index contributed by atoms with van der Waals surface area (Å²) < 4.78 is 19.2. The molecular weight excluding hydrogens is 308 g/mol. The zero-order valence-corrected chi connectivity index (χ0v) is 12.1. The van der Waals surface area contributed by atoms with Gasteiger partial charge in [0.15, 0.2) is 11.8 Å². The van der Waals surface area contributed by atoms with Crippen LogP contribution in [0.1, 0.15) is 8.29 Å². The maximum atomic E-state index is 11.5. The van der Waals surface area contributed by atoms with Crippen LogP contribution in [-0.2, 0) is 20.2 Å². The molecule has 1 unspecified atom stereocenters. The first-order chi connectivity index (χ1) is 11.3. The molecule has 23 heavy (non-hydrogen) atoms. The Morgan fingerprint density at radius 3 is 3.00 bits per heavy atom. The number of ether oxygens (including phenoxy) is 2. The van der Waals surface area contributed by atoms with E-state index >= 15 is 0 Å². The van der Waals surface area contributed by atoms with Crippen molar-refractivity contribution in [2.24, 2.45) is 0 Å². The van der Waals surface area contributed by atoms with Gasteiger partial charge in [-0.3, -0.25) is 4.79 Å². The van der Waals surface area contributed by atoms with Gasteiger partial charge in [-0.15, -0.1) is 0 Å². The van der Waals surface area contributed by atoms with Gasteiger partial charge in [-0.2, -0.15) is 9.78 Å². The molecule has 10 heteroatoms. The molecule has 2 aromatic rings. The summed E-state index contributed by atoms with van der Waals surface area (Å²) in [6, 6.07) is -0.0234. The third-order valence-corrected chi connectivity index (χ3v) is 3.60. The van der Waals surface area contributed by atoms with Crippen molar-refractivity contribution in [3.8, 4) is 0 Å². The molecule has 0 amide bonds. The highest BCUT2D eigenvalue weighted by atomic mass is 16.8. The number of fused-ring (bicyclic) bond motifs is 1. The average Bonchev–Trinajstić information content (AvgIpc) is 3.06. The van der Waals surface area contributed by atoms with Crippen LogP contribution in [0.25, 0.3) is 11.0 Å². The molecular formula is C13H16N4O6. The van der Waals surface area contributed by atoms with Gasteiger partial charge >= 0.3 is 11.9 Å². The van der Waals surface area contributed by atoms with E-state index in [1.807, 2.05) is 0 Å². The third kappa shape index (κ3) is 2.23. The monoisotopic (exact) mass is 325 g/mol. The van der Waals surface area contributed by atoms with Crippen LogP contribution in [0.5, 0.6) is 0 Å². The molecule has 4 atom stereocenters. The van der Waals surface area contributed by atoms with Crippen LogP contribution >= 0.6 is 0 Å². The third-order valence-electron chi connectivity index (χ3n) is 3.60. The van der Waals surface area contributed by atoms with Gasteiger partial charge < -0.3 is 30.5 Å². The number of esters is 1. The fourth-order valence-electron chi connectivity index (χ4n) is 2.55. The highest BCUT2D eigenvalue weighted by molar-refractivity contribution is 5.87. The summed E-state index contributed by atoms with van der Waals surface area (Å²) in [7, 11) is 0. The van der Waals surface area contributed by atoms with Gasteiger partial charge in [-0.05, 0) is 6.04 Å². The molecule has 1 saturated heterocycles. The van der Waals surface area contributed by atoms with Crippen molar-refractivity contribution in [2.75, 3.05) is 12.3 Å². The Morgan fingerprint density at radius 2 is 2.39 bits per heavy atom. The van der Waals surface area contributed by atoms with Crippen LogP contribution in [0.4, 0.5) is 5.69 Å². The summed E-state index contributed by atoms with van der Waals surface area (Å²) in [5.41, 5.74) is 5.98. The molecule has 0 aliphatic carbocycles. The van der Waals surface area contributed by atoms with Crippen LogP contribution in [0.15, 0.2) is 18.4 Å². The van der Waals surface area contributed by atoms with E-state index in [1.165, 1.54) is 12.4 Å². The Labute approximate surface area is 131 Å². The van der Waals surface area contributed by atoms with E-state index in [9.17, 15) is 20.1 Å². The predicted octanol–water partition coefficient (Wildman–Crippen LogP) is -1.70. The number of aliphatic hydroxyl groups is 3. The zero-order valence-electron chi connectivity index (χ0n) is 13.1. The SMILES string of the molecule is [2H]c1cnc2c(cnn2C2(OC(C)=O)O[C@H](CO)[C@@H](O)[C@H]2O)c1N. The molecule has 1 fully saturated rings. The summed E-state index contributed by atoms with van der Waals surface area (Å²) in [5.74, 6) is -3.03. The Kier molecular flexibility index (Phi) is 3.38. The highest BCUT2D eigenvalue weighted by Gasteiger charge is 2.60. The lowest BCUT2D eigenvalue weighted by Crippen LogP contribution is -2.49. The molecule has 5 N–H and O–H groups in total. The summed E-state index contributed by atoms with van der Waals surface area (Å²) in [6.07, 6.45) is -2.03. The van der Waals surface area contributed by atoms with E-state index in [2.05, 4.69) is 10.1 Å². The Morgan fingerprint density at radius 1 is 1.65 bits per heavy atom. The number of aromatic nitrogens is 3. The van der Waals surface area contributed by atoms with Gasteiger partial charge in [0.25, 0.3) is 0 Å². The average molecular weight is 325 g/mol. The molecule has 0 bridgehead atoms. The van der Waals surface area contributed by atoms with Gasteiger partial charge in [-0.25, -0.2) is 4.98 Å². The van der Waals surface area contributed by atoms with Crippen molar-refractivity contribution < 1.29 is 31.0 Å². The number of hydrogen-bond donors (Lipinski definition) is 4. The van der Waals surface area contributed by atoms with Crippen molar-refractivity contribution in [3.05, 3.63) is 18.4 Å². The van der Waals surface area contributed by atoms with Crippen molar-refractivity contribution in [1.29, 1.82) is 0 Å². The lowest BCUT2D eigenvalue weighted by molar-refractivity contribution is -0.301. The molecule has 0 spiro atoms. The number of pyridine rings is 1. The number of aliphatic hydroxyl groups excluding tert-OH is 3. The Bertz CT molecular complexity index is 798. The maximum absolute atomic E-state index is 11.5. The maximum Gasteiger partial charge on any atom is 0.348 e. The molecule has 3 rings (SSSR count). The second-order valence-electron chi connectivity index (χ2n) is 5.11. The summed E-state index contributed by atoms with van der Waals surface area (Å²) in [5, 5.41) is 34.0. The predicted molar refractivity (Wildman–Crippen MR) is 75.7 cm³/mol. The van der Waals surface area contributed by atoms with Crippen LogP contribution < -0.4 is 5.73 Å². The van der Waals surface area contributed by atoms with Crippen molar-refractivity contribution >= 4 is 22.7 Å². The van der Waals surface area contributed by atoms with Crippen molar-refractivity contribution in [2.45, 2.75) is 31.1 Å². The largest absolute Gasteiger partial charge is 0.410 e. The quantitative estimate of drug-likeness (QED) is 0.483. The minimum Gasteiger partial charge on any atom is -0.410 e. The molecule has 2 aromatic heterocycles. The number of carbonyl (C=O) groups is 1. The number of hydrogen-bond acceptors (Lipinski definition) is 9. The summed E-state index contributed by atoms with van der Waals surface area (Å²) in [4.78, 5) is 15.5. The standard InChI is InChI=1S/C13H16N4O6/c1-6(19)22-13(11(21)10(20)9(5-18)23-13)17-12-7(4-16-17)8(14)2-3-15-12/h2-4,9-11,18,20-21H,5H2,1H3,(H2,14,15)/t9-,10-,11-,13?/m1/s1/i2D. The molecule has 1 aliphatic heterocycles. The molecule has 0 saturated carbocycles. The van der Waals surface area contributed by atoms with Gasteiger partial charge in [-0.1, -0.05) is 0 Å². The highest BCUT2D eigenvalue weighted by Crippen LogP contribution is 2.38. The molecule has 0 radical (unpaired) electrons. The van der Waals surface area contributed by atoms with E-state index in [4.69, 9.17) is 16.6 Å². The summed E-state index contributed by atoms with van der Waals surface area (Å²) >= 11 is 0. The number of carbonyl (C=O) groups excluding carboxylic acids is 1. The molecule has 10 nitrogen and oxygen atoms in total. The molecule has 1 aliphatic rings. The second-order valence-corrected chi connectivity index (χ2v) is 5.11. The number of nitrogens with zero attached hydrogens (tertiary/aromatic N) is 3. The van der Waals surface area contributed by atoms with E-state index in [0.717, 1.165) is 11.6 Å². The molecule has 0 aromatic carbocycles. The molecule has 3 heterocycles. The van der Waals surface area contributed by atoms with E-state index < -0.39 is 36.8 Å². The van der Waals surface area contributed by atoms with E-state index in [0.29, 0.717) is 0 Å². The van der Waals surface area contributed by atoms with Crippen molar-refractivity contribution in [1.82, 2.24) is 14.8 Å². The first-order valence-electron chi connectivity index (χ1n) is 7.25. The van der Waals surface area contributed by atoms with Crippen LogP contribution in [-0.4, -0.2) is 61.0 Å². The van der Waals surface area contributed by atoms with Crippen LogP contribution in [0, 0.1) is 0 Å². The van der Waals surface area contributed by atoms with Crippen molar-refractivity contribution in [3.63, 3.8) is 0 Å². The summed E-state index contributed by atoms with van der Waals surface area (Å²) in [6.45, 7) is 0.471. The lowest BCUT2D eigenvalue weighted by atomic mass is 10.1. The smallest absolute Gasteiger partial charge is 0.348 e. The number of rotatable bonds is 3. The van der Waals surface area contributed by atoms with Gasteiger partial charge in [0, 0.05) is 18.8 Å². The fraction of sp³-hybridized carbons (Fsp3) is 0.462. The number of anilines is 1. The minimum atomic E-state index is -2.22. The lowest BCUT2D eigenvalue weighted by Gasteiger charge is -2.31. The van der Waals surface area contributed by atoms with Crippen LogP contribution in [0.3, 0.4) is 0 Å². The number of nitrogens with two attached hydrogens (primary N) is 1. The van der Waals surface area contributed by atoms with Gasteiger partial charge in [0.2, 0.25) is 0 Å². The molecule has 124 valence electrons.